The van der Waals surface area contributed by atoms with Gasteiger partial charge < -0.3 is 19.3 Å². The molecule has 2 amide bonds. The number of hydrogen-bond donors (Lipinski definition) is 0. The van der Waals surface area contributed by atoms with Gasteiger partial charge in [0.05, 0.1) is 25.4 Å². The van der Waals surface area contributed by atoms with Gasteiger partial charge in [-0.3, -0.25) is 14.3 Å². The van der Waals surface area contributed by atoms with E-state index in [-0.39, 0.29) is 42.3 Å². The molecule has 3 atom stereocenters. The summed E-state index contributed by atoms with van der Waals surface area (Å²) >= 11 is 0. The van der Waals surface area contributed by atoms with Gasteiger partial charge in [-0.25, -0.2) is 4.98 Å². The van der Waals surface area contributed by atoms with E-state index in [9.17, 15) is 9.59 Å². The smallest absolute Gasteiger partial charge is 0.293 e. The number of amides is 2. The van der Waals surface area contributed by atoms with Gasteiger partial charge in [-0.1, -0.05) is 0 Å². The summed E-state index contributed by atoms with van der Waals surface area (Å²) in [6.45, 7) is 1.65. The van der Waals surface area contributed by atoms with Crippen LogP contribution in [-0.2, 0) is 21.3 Å². The van der Waals surface area contributed by atoms with Gasteiger partial charge in [-0.15, -0.1) is 5.10 Å². The van der Waals surface area contributed by atoms with Crippen LogP contribution < -0.4 is 0 Å². The second-order valence-electron chi connectivity index (χ2n) is 6.86. The fourth-order valence-corrected chi connectivity index (χ4v) is 3.45. The Hall–Kier alpha value is -2.00. The molecule has 138 valence electrons. The third kappa shape index (κ3) is 3.98. The van der Waals surface area contributed by atoms with Crippen molar-refractivity contribution in [2.45, 2.75) is 25.0 Å². The topological polar surface area (TPSA) is 89.8 Å². The molecule has 2 aliphatic rings. The van der Waals surface area contributed by atoms with E-state index in [1.54, 1.807) is 21.1 Å². The Kier molecular flexibility index (Phi) is 5.33. The van der Waals surface area contributed by atoms with Gasteiger partial charge in [0.25, 0.3) is 5.91 Å². The second kappa shape index (κ2) is 7.49. The molecule has 0 N–H and O–H groups in total. The standard InChI is InChI=1S/C16H25N5O4/c1-19(2)14(22)9-24-8-11-6-12-13(7-11)25-5-4-21(12)16(23)15-17-10-20(3)18-15/h10-13H,4-9H2,1-3H3. The number of rotatable bonds is 5. The molecule has 1 aliphatic heterocycles. The molecule has 9 heteroatoms. The van der Waals surface area contributed by atoms with Crippen LogP contribution in [0.5, 0.6) is 0 Å². The van der Waals surface area contributed by atoms with Crippen molar-refractivity contribution >= 4 is 11.8 Å². The maximum atomic E-state index is 12.7. The Morgan fingerprint density at radius 1 is 1.40 bits per heavy atom. The first kappa shape index (κ1) is 17.8. The number of aromatic nitrogens is 3. The molecule has 0 aromatic carbocycles. The van der Waals surface area contributed by atoms with Gasteiger partial charge in [0.1, 0.15) is 12.9 Å². The lowest BCUT2D eigenvalue weighted by Gasteiger charge is -2.36. The second-order valence-corrected chi connectivity index (χ2v) is 6.86. The summed E-state index contributed by atoms with van der Waals surface area (Å²) < 4.78 is 12.9. The number of hydrogen-bond acceptors (Lipinski definition) is 6. The van der Waals surface area contributed by atoms with Gasteiger partial charge in [0, 0.05) is 27.7 Å². The van der Waals surface area contributed by atoms with E-state index in [2.05, 4.69) is 10.1 Å². The quantitative estimate of drug-likeness (QED) is 0.713. The van der Waals surface area contributed by atoms with Crippen molar-refractivity contribution in [2.75, 3.05) is 40.5 Å². The highest BCUT2D eigenvalue weighted by molar-refractivity contribution is 5.90. The molecule has 1 aliphatic carbocycles. The van der Waals surface area contributed by atoms with Gasteiger partial charge in [0.15, 0.2) is 0 Å². The third-order valence-corrected chi connectivity index (χ3v) is 4.76. The lowest BCUT2D eigenvalue weighted by atomic mass is 10.1. The molecule has 3 unspecified atom stereocenters. The molecule has 0 spiro atoms. The Labute approximate surface area is 146 Å². The molecular formula is C16H25N5O4. The summed E-state index contributed by atoms with van der Waals surface area (Å²) in [4.78, 5) is 31.7. The van der Waals surface area contributed by atoms with Crippen LogP contribution in [0.25, 0.3) is 0 Å². The van der Waals surface area contributed by atoms with E-state index >= 15 is 0 Å². The number of likely N-dealkylation sites (N-methyl/N-ethyl adjacent to an activating group) is 1. The van der Waals surface area contributed by atoms with Crippen LogP contribution >= 0.6 is 0 Å². The summed E-state index contributed by atoms with van der Waals surface area (Å²) in [7, 11) is 5.15. The van der Waals surface area contributed by atoms with Gasteiger partial charge in [-0.2, -0.15) is 0 Å². The van der Waals surface area contributed by atoms with E-state index in [1.165, 1.54) is 15.9 Å². The highest BCUT2D eigenvalue weighted by Crippen LogP contribution is 2.34. The van der Waals surface area contributed by atoms with Crippen molar-refractivity contribution in [3.8, 4) is 0 Å². The molecule has 2 heterocycles. The Morgan fingerprint density at radius 2 is 2.20 bits per heavy atom. The van der Waals surface area contributed by atoms with Crippen LogP contribution in [0.4, 0.5) is 0 Å². The molecule has 25 heavy (non-hydrogen) atoms. The SMILES string of the molecule is CN(C)C(=O)COCC1CC2OCCN(C(=O)c3ncn(C)n3)C2C1. The Bertz CT molecular complexity index is 632. The average Bonchev–Trinajstić information content (AvgIpc) is 3.19. The number of carbonyl (C=O) groups is 2. The molecule has 1 aromatic heterocycles. The van der Waals surface area contributed by atoms with E-state index in [0.29, 0.717) is 19.8 Å². The zero-order valence-corrected chi connectivity index (χ0v) is 14.9. The normalized spacial score (nSPS) is 25.7. The van der Waals surface area contributed by atoms with Crippen LogP contribution in [0.2, 0.25) is 0 Å². The Balaban J connectivity index is 1.57. The maximum absolute atomic E-state index is 12.7. The summed E-state index contributed by atoms with van der Waals surface area (Å²) in [5.41, 5.74) is 0. The first-order chi connectivity index (χ1) is 12.0. The molecule has 0 radical (unpaired) electrons. The fourth-order valence-electron chi connectivity index (χ4n) is 3.45. The molecule has 1 saturated heterocycles. The van der Waals surface area contributed by atoms with E-state index in [0.717, 1.165) is 12.8 Å². The van der Waals surface area contributed by atoms with Crippen LogP contribution in [0.3, 0.4) is 0 Å². The van der Waals surface area contributed by atoms with Crippen molar-refractivity contribution in [3.05, 3.63) is 12.2 Å². The zero-order valence-electron chi connectivity index (χ0n) is 14.9. The number of carbonyl (C=O) groups excluding carboxylic acids is 2. The highest BCUT2D eigenvalue weighted by atomic mass is 16.5. The van der Waals surface area contributed by atoms with Gasteiger partial charge >= 0.3 is 0 Å². The molecule has 3 rings (SSSR count). The molecule has 0 bridgehead atoms. The molecule has 1 saturated carbocycles. The van der Waals surface area contributed by atoms with E-state index < -0.39 is 0 Å². The van der Waals surface area contributed by atoms with Crippen molar-refractivity contribution in [1.82, 2.24) is 24.6 Å². The molecule has 1 aromatic rings. The largest absolute Gasteiger partial charge is 0.374 e. The first-order valence-corrected chi connectivity index (χ1v) is 8.51. The van der Waals surface area contributed by atoms with Crippen LogP contribution in [0.15, 0.2) is 6.33 Å². The summed E-state index contributed by atoms with van der Waals surface area (Å²) in [5, 5.41) is 4.11. The number of nitrogens with zero attached hydrogens (tertiary/aromatic N) is 5. The summed E-state index contributed by atoms with van der Waals surface area (Å²) in [6, 6.07) is 0.0169. The summed E-state index contributed by atoms with van der Waals surface area (Å²) in [5.74, 6) is 0.294. The predicted molar refractivity (Wildman–Crippen MR) is 87.8 cm³/mol. The monoisotopic (exact) mass is 351 g/mol. The van der Waals surface area contributed by atoms with Crippen molar-refractivity contribution in [1.29, 1.82) is 0 Å². The average molecular weight is 351 g/mol. The van der Waals surface area contributed by atoms with E-state index in [1.807, 2.05) is 4.90 Å². The first-order valence-electron chi connectivity index (χ1n) is 8.51. The van der Waals surface area contributed by atoms with E-state index in [4.69, 9.17) is 9.47 Å². The zero-order chi connectivity index (χ0) is 18.0. The minimum absolute atomic E-state index is 0.0135. The molecular weight excluding hydrogens is 326 g/mol. The number of ether oxygens (including phenoxy) is 2. The molecule has 2 fully saturated rings. The van der Waals surface area contributed by atoms with Crippen molar-refractivity contribution in [3.63, 3.8) is 0 Å². The lowest BCUT2D eigenvalue weighted by Crippen LogP contribution is -2.51. The number of morpholine rings is 1. The Morgan fingerprint density at radius 3 is 2.88 bits per heavy atom. The van der Waals surface area contributed by atoms with Crippen molar-refractivity contribution < 1.29 is 19.1 Å². The van der Waals surface area contributed by atoms with Crippen LogP contribution in [0.1, 0.15) is 23.5 Å². The van der Waals surface area contributed by atoms with Gasteiger partial charge in [-0.05, 0) is 18.8 Å². The van der Waals surface area contributed by atoms with Crippen molar-refractivity contribution in [2.24, 2.45) is 13.0 Å². The maximum Gasteiger partial charge on any atom is 0.293 e. The minimum atomic E-state index is -0.150. The highest BCUT2D eigenvalue weighted by Gasteiger charge is 2.43. The lowest BCUT2D eigenvalue weighted by molar-refractivity contribution is -0.134. The predicted octanol–water partition coefficient (Wildman–Crippen LogP) is -0.460. The third-order valence-electron chi connectivity index (χ3n) is 4.76. The molecule has 9 nitrogen and oxygen atoms in total. The van der Waals surface area contributed by atoms with Gasteiger partial charge in [0.2, 0.25) is 11.7 Å². The fraction of sp³-hybridized carbons (Fsp3) is 0.750. The van der Waals surface area contributed by atoms with Crippen LogP contribution in [-0.4, -0.2) is 89.0 Å². The summed E-state index contributed by atoms with van der Waals surface area (Å²) in [6.07, 6.45) is 3.18. The number of fused-ring (bicyclic) bond motifs is 1. The van der Waals surface area contributed by atoms with Crippen LogP contribution in [0, 0.1) is 5.92 Å². The number of aryl methyl sites for hydroxylation is 1. The minimum Gasteiger partial charge on any atom is -0.374 e.